The summed E-state index contributed by atoms with van der Waals surface area (Å²) in [7, 11) is -25.9. The van der Waals surface area contributed by atoms with E-state index in [1.807, 2.05) is 0 Å². The maximum atomic E-state index is 14.3. The second kappa shape index (κ2) is 30.2. The van der Waals surface area contributed by atoms with Crippen LogP contribution in [-0.2, 0) is 60.1 Å². The van der Waals surface area contributed by atoms with Gasteiger partial charge in [-0.3, -0.25) is 4.90 Å². The third kappa shape index (κ3) is 18.6. The summed E-state index contributed by atoms with van der Waals surface area (Å²) >= 11 is 0. The Balaban J connectivity index is 1.63. The zero-order chi connectivity index (χ0) is 64.8. The van der Waals surface area contributed by atoms with Gasteiger partial charge in [0.05, 0.1) is 29.4 Å². The molecule has 0 spiro atoms. The second-order valence-electron chi connectivity index (χ2n) is 22.4. The van der Waals surface area contributed by atoms with Gasteiger partial charge in [0.15, 0.2) is 0 Å². The van der Waals surface area contributed by atoms with E-state index in [2.05, 4.69) is 28.3 Å². The highest BCUT2D eigenvalue weighted by molar-refractivity contribution is 7.90. The van der Waals surface area contributed by atoms with E-state index in [-0.39, 0.29) is 67.9 Å². The van der Waals surface area contributed by atoms with E-state index in [0.29, 0.717) is 0 Å². The Bertz CT molecular complexity index is 3320. The molecule has 0 aliphatic carbocycles. The molecule has 0 aromatic heterocycles. The number of aryl methyl sites for hydroxylation is 6. The monoisotopic (exact) mass is 1330 g/mol. The number of hydrogen-bond acceptors (Lipinski definition) is 16. The molecule has 6 aromatic carbocycles. The third-order valence-corrected chi connectivity index (χ3v) is 24.7. The fraction of sp³-hybridized carbons (Fsp3) is 0.400. The van der Waals surface area contributed by atoms with Crippen molar-refractivity contribution in [2.75, 3.05) is 58.9 Å². The van der Waals surface area contributed by atoms with Gasteiger partial charge in [0.2, 0.25) is 60.1 Å². The first-order chi connectivity index (χ1) is 41.3. The van der Waals surface area contributed by atoms with Gasteiger partial charge >= 0.3 is 0 Å². The van der Waals surface area contributed by atoms with Crippen LogP contribution in [0.5, 0.6) is 0 Å². The minimum Gasteiger partial charge on any atom is -0.329 e. The number of hydrogen-bond donors (Lipinski definition) is 9. The highest BCUT2D eigenvalue weighted by atomic mass is 32.2. The Hall–Kier alpha value is -5.38. The van der Waals surface area contributed by atoms with Crippen molar-refractivity contribution >= 4 is 60.1 Å². The van der Waals surface area contributed by atoms with Crippen LogP contribution in [0, 0.1) is 41.5 Å². The quantitative estimate of drug-likeness (QED) is 0.0262. The first-order valence-corrected chi connectivity index (χ1v) is 37.5. The van der Waals surface area contributed by atoms with Crippen LogP contribution in [0.3, 0.4) is 0 Å². The number of nitrogens with one attached hydrogen (secondary N) is 6. The van der Waals surface area contributed by atoms with Crippen molar-refractivity contribution in [3.8, 4) is 0 Å². The fourth-order valence-corrected chi connectivity index (χ4v) is 16.9. The molecule has 0 saturated carbocycles. The maximum Gasteiger partial charge on any atom is 0.240 e. The smallest absolute Gasteiger partial charge is 0.240 e. The van der Waals surface area contributed by atoms with Crippen LogP contribution in [0.25, 0.3) is 0 Å². The van der Waals surface area contributed by atoms with Crippen molar-refractivity contribution in [2.24, 2.45) is 17.2 Å². The summed E-state index contributed by atoms with van der Waals surface area (Å²) in [4.78, 5) is 1.25. The minimum absolute atomic E-state index is 0.0878. The third-order valence-electron chi connectivity index (χ3n) is 15.8. The Morgan fingerprint density at radius 1 is 0.261 bits per heavy atom. The normalized spacial score (nSPS) is 13.3. The Labute approximate surface area is 521 Å². The average molecular weight is 1330 g/mol. The van der Waals surface area contributed by atoms with Crippen molar-refractivity contribution < 1.29 is 50.5 Å². The first kappa shape index (κ1) is 71.7. The van der Waals surface area contributed by atoms with Gasteiger partial charge in [0.1, 0.15) is 0 Å². The number of sulfonamides is 6. The molecule has 28 heteroatoms. The topological polar surface area (TPSA) is 358 Å². The molecule has 0 atom stereocenters. The highest BCUT2D eigenvalue weighted by Crippen LogP contribution is 2.44. The van der Waals surface area contributed by atoms with Crippen molar-refractivity contribution in [1.82, 2.24) is 33.2 Å². The van der Waals surface area contributed by atoms with Gasteiger partial charge in [-0.25, -0.2) is 78.8 Å². The molecule has 0 heterocycles. The lowest BCUT2D eigenvalue weighted by Gasteiger charge is -2.63. The largest absolute Gasteiger partial charge is 0.329 e. The molecule has 6 rings (SSSR count). The van der Waals surface area contributed by atoms with E-state index in [1.165, 1.54) is 72.8 Å². The van der Waals surface area contributed by atoms with Crippen LogP contribution in [0.4, 0.5) is 0 Å². The van der Waals surface area contributed by atoms with E-state index >= 15 is 0 Å². The second-order valence-corrected chi connectivity index (χ2v) is 33.0. The maximum absolute atomic E-state index is 14.3. The van der Waals surface area contributed by atoms with Crippen molar-refractivity contribution in [1.29, 1.82) is 0 Å². The molecule has 0 bridgehead atoms. The van der Waals surface area contributed by atoms with Gasteiger partial charge in [0, 0.05) is 75.5 Å². The van der Waals surface area contributed by atoms with Gasteiger partial charge in [-0.1, -0.05) is 106 Å². The standard InChI is InChI=1S/C60H84N10O12S6/c1-46-7-19-52(20-8-46)83(71,72)64-37-31-58(43-61,32-38-65-84(73,74)53-21-9-47(2)10-22-53)70(59(44-62,33-39-66-85(75,76)54-23-11-48(3)12-24-54)34-40-67-86(77,78)55-25-13-49(4)14-26-55)60(45-63,35-41-68-87(79,80)56-27-15-50(5)16-28-56)36-42-69-88(81,82)57-29-17-51(6)18-30-57/h7-30,64-69H,31-45,61-63H2,1-6H3. The lowest BCUT2D eigenvalue weighted by atomic mass is 9.72. The summed E-state index contributed by atoms with van der Waals surface area (Å²) < 4.78 is 187. The van der Waals surface area contributed by atoms with Crippen LogP contribution in [-0.4, -0.2) is 131 Å². The van der Waals surface area contributed by atoms with Crippen molar-refractivity contribution in [2.45, 2.75) is 126 Å². The molecule has 482 valence electrons. The molecule has 0 radical (unpaired) electrons. The van der Waals surface area contributed by atoms with Gasteiger partial charge in [-0.15, -0.1) is 0 Å². The van der Waals surface area contributed by atoms with Gasteiger partial charge < -0.3 is 17.2 Å². The summed E-state index contributed by atoms with van der Waals surface area (Å²) in [5.74, 6) is 0. The Kier molecular flexibility index (Phi) is 24.6. The first-order valence-electron chi connectivity index (χ1n) is 28.6. The van der Waals surface area contributed by atoms with E-state index in [4.69, 9.17) is 17.2 Å². The molecule has 6 aromatic rings. The SMILES string of the molecule is Cc1ccc(S(=O)(=O)NCCC(CN)(CCNS(=O)(=O)c2ccc(C)cc2)N(C(CN)(CCNS(=O)(=O)c2ccc(C)cc2)CCNS(=O)(=O)c2ccc(C)cc2)C(CN)(CCNS(=O)(=O)c2ccc(C)cc2)CCNS(=O)(=O)c2ccc(C)cc2)cc1. The Morgan fingerprint density at radius 2 is 0.386 bits per heavy atom. The molecule has 0 amide bonds. The van der Waals surface area contributed by atoms with Crippen molar-refractivity contribution in [3.63, 3.8) is 0 Å². The molecular formula is C60H84N10O12S6. The zero-order valence-electron chi connectivity index (χ0n) is 50.5. The highest BCUT2D eigenvalue weighted by Gasteiger charge is 2.56. The van der Waals surface area contributed by atoms with Crippen LogP contribution in [0.1, 0.15) is 71.9 Å². The molecule has 88 heavy (non-hydrogen) atoms. The van der Waals surface area contributed by atoms with Crippen LogP contribution < -0.4 is 45.5 Å². The van der Waals surface area contributed by atoms with E-state index in [1.54, 1.807) is 119 Å². The fourth-order valence-electron chi connectivity index (χ4n) is 10.8. The zero-order valence-corrected chi connectivity index (χ0v) is 55.4. The molecule has 0 aliphatic rings. The van der Waals surface area contributed by atoms with Crippen LogP contribution >= 0.6 is 0 Å². The lowest BCUT2D eigenvalue weighted by Crippen LogP contribution is -2.77. The summed E-state index contributed by atoms with van der Waals surface area (Å²) in [6.45, 7) is 6.76. The van der Waals surface area contributed by atoms with Gasteiger partial charge in [0.25, 0.3) is 0 Å². The van der Waals surface area contributed by atoms with E-state index in [0.717, 1.165) is 33.4 Å². The molecule has 22 nitrogen and oxygen atoms in total. The van der Waals surface area contributed by atoms with Crippen molar-refractivity contribution in [3.05, 3.63) is 179 Å². The predicted octanol–water partition coefficient (Wildman–Crippen LogP) is 4.44. The summed E-state index contributed by atoms with van der Waals surface area (Å²) in [6.07, 6.45) is -1.84. The molecule has 0 saturated heterocycles. The summed E-state index contributed by atoms with van der Waals surface area (Å²) in [5, 5.41) is 0. The average Bonchev–Trinajstić information content (AvgIpc) is 0.789. The summed E-state index contributed by atoms with van der Waals surface area (Å²) in [6, 6.07) is 36.4. The number of nitrogens with zero attached hydrogens (tertiary/aromatic N) is 1. The molecule has 0 aliphatic heterocycles. The molecule has 12 N–H and O–H groups in total. The van der Waals surface area contributed by atoms with Gasteiger partial charge in [-0.05, 0) is 153 Å². The number of nitrogens with two attached hydrogens (primary N) is 3. The molecule has 0 fully saturated rings. The van der Waals surface area contributed by atoms with E-state index in [9.17, 15) is 50.5 Å². The minimum atomic E-state index is -4.31. The Morgan fingerprint density at radius 3 is 0.500 bits per heavy atom. The lowest BCUT2D eigenvalue weighted by molar-refractivity contribution is -0.116. The van der Waals surface area contributed by atoms with Crippen LogP contribution in [0.2, 0.25) is 0 Å². The van der Waals surface area contributed by atoms with Gasteiger partial charge in [-0.2, -0.15) is 0 Å². The number of benzene rings is 6. The molecule has 0 unspecified atom stereocenters. The predicted molar refractivity (Wildman–Crippen MR) is 343 cm³/mol. The van der Waals surface area contributed by atoms with E-state index < -0.39 is 136 Å². The summed E-state index contributed by atoms with van der Waals surface area (Å²) in [5.41, 5.74) is 20.9. The molecular weight excluding hydrogens is 1250 g/mol. The van der Waals surface area contributed by atoms with Crippen LogP contribution in [0.15, 0.2) is 175 Å². The number of rotatable bonds is 36.